The highest BCUT2D eigenvalue weighted by molar-refractivity contribution is 5.99. The molecule has 5 rings (SSSR count). The maximum atomic E-state index is 14.1. The summed E-state index contributed by atoms with van der Waals surface area (Å²) in [6.07, 6.45) is 5.22. The number of allylic oxidation sites excluding steroid dienone is 1. The number of benzene rings is 2. The van der Waals surface area contributed by atoms with Gasteiger partial charge in [-0.2, -0.15) is 0 Å². The number of aliphatic hydroxyl groups is 1. The van der Waals surface area contributed by atoms with Crippen LogP contribution in [0.1, 0.15) is 44.4 Å². The van der Waals surface area contributed by atoms with Crippen LogP contribution in [-0.4, -0.2) is 45.6 Å². The highest BCUT2D eigenvalue weighted by Crippen LogP contribution is 2.32. The van der Waals surface area contributed by atoms with Crippen LogP contribution >= 0.6 is 0 Å². The molecule has 3 aromatic rings. The van der Waals surface area contributed by atoms with Gasteiger partial charge >= 0.3 is 0 Å². The Bertz CT molecular complexity index is 1500. The van der Waals surface area contributed by atoms with E-state index >= 15 is 0 Å². The minimum Gasteiger partial charge on any atom is -0.483 e. The number of hydrogen-bond donors (Lipinski definition) is 2. The Morgan fingerprint density at radius 3 is 2.51 bits per heavy atom. The van der Waals surface area contributed by atoms with Gasteiger partial charge in [0.2, 0.25) is 5.43 Å². The summed E-state index contributed by atoms with van der Waals surface area (Å²) >= 11 is 0. The van der Waals surface area contributed by atoms with Gasteiger partial charge < -0.3 is 24.6 Å². The van der Waals surface area contributed by atoms with E-state index in [1.807, 2.05) is 12.1 Å². The molecule has 2 aliphatic heterocycles. The third-order valence-electron chi connectivity index (χ3n) is 6.81. The average Bonchev–Trinajstić information content (AvgIpc) is 3.11. The molecule has 0 unspecified atom stereocenters. The summed E-state index contributed by atoms with van der Waals surface area (Å²) in [6, 6.07) is 8.92. The molecule has 1 aromatic heterocycles. The van der Waals surface area contributed by atoms with Gasteiger partial charge in [0.25, 0.3) is 11.8 Å². The summed E-state index contributed by atoms with van der Waals surface area (Å²) in [5.41, 5.74) is -1.18. The lowest BCUT2D eigenvalue weighted by Crippen LogP contribution is -2.49. The van der Waals surface area contributed by atoms with Crippen molar-refractivity contribution in [2.75, 3.05) is 13.2 Å². The van der Waals surface area contributed by atoms with Crippen LogP contribution in [0, 0.1) is 17.5 Å². The topological polar surface area (TPSA) is 101 Å². The molecule has 0 radical (unpaired) electrons. The van der Waals surface area contributed by atoms with Crippen molar-refractivity contribution in [1.82, 2.24) is 14.8 Å². The van der Waals surface area contributed by atoms with E-state index in [0.717, 1.165) is 0 Å². The van der Waals surface area contributed by atoms with Gasteiger partial charge in [-0.25, -0.2) is 13.2 Å². The minimum absolute atomic E-state index is 0.0542. The van der Waals surface area contributed by atoms with E-state index in [1.165, 1.54) is 15.7 Å². The van der Waals surface area contributed by atoms with Gasteiger partial charge in [0, 0.05) is 37.0 Å². The number of nitrogens with one attached hydrogen (secondary N) is 1. The predicted molar refractivity (Wildman–Crippen MR) is 134 cm³/mol. The van der Waals surface area contributed by atoms with Gasteiger partial charge in [-0.15, -0.1) is 0 Å². The Morgan fingerprint density at radius 1 is 1.10 bits per heavy atom. The number of carbonyl (C=O) groups excluding carboxylic acids is 2. The fraction of sp³-hybridized carbons (Fsp3) is 0.250. The number of rotatable bonds is 7. The van der Waals surface area contributed by atoms with Crippen LogP contribution in [0.3, 0.4) is 0 Å². The lowest BCUT2D eigenvalue weighted by Gasteiger charge is -2.38. The van der Waals surface area contributed by atoms with Gasteiger partial charge in [-0.3, -0.25) is 14.4 Å². The third kappa shape index (κ3) is 5.05. The molecule has 2 amide bonds. The van der Waals surface area contributed by atoms with Crippen LogP contribution < -0.4 is 15.5 Å². The number of ether oxygens (including phenoxy) is 1. The van der Waals surface area contributed by atoms with Crippen molar-refractivity contribution in [2.45, 2.75) is 31.7 Å². The molecule has 2 N–H and O–H groups in total. The van der Waals surface area contributed by atoms with Gasteiger partial charge in [0.1, 0.15) is 29.6 Å². The molecule has 0 spiro atoms. The number of nitrogens with zero attached hydrogens (tertiary/aromatic N) is 2. The number of pyridine rings is 1. The van der Waals surface area contributed by atoms with Crippen molar-refractivity contribution in [3.8, 4) is 5.75 Å². The summed E-state index contributed by atoms with van der Waals surface area (Å²) in [7, 11) is 0. The predicted octanol–water partition coefficient (Wildman–Crippen LogP) is 3.09. The Kier molecular flexibility index (Phi) is 7.25. The number of hydrogen-bond acceptors (Lipinski definition) is 5. The van der Waals surface area contributed by atoms with Crippen molar-refractivity contribution < 1.29 is 32.6 Å². The maximum Gasteiger partial charge on any atom is 0.275 e. The molecule has 3 heterocycles. The normalized spacial score (nSPS) is 17.9. The van der Waals surface area contributed by atoms with Crippen LogP contribution in [0.5, 0.6) is 5.75 Å². The largest absolute Gasteiger partial charge is 0.483 e. The second-order valence-corrected chi connectivity index (χ2v) is 9.29. The molecule has 0 fully saturated rings. The number of amides is 2. The number of fused-ring (bicyclic) bond motifs is 4. The SMILES string of the molecule is O=C(NCc1c(F)cc(F)cc1F)c1cn2c(c(OCc3ccccc3)c1=O)C(=O)N1C[C@@H]2CC=C[C@@H]1CO. The van der Waals surface area contributed by atoms with Crippen LogP contribution in [0.25, 0.3) is 0 Å². The Balaban J connectivity index is 1.55. The molecule has 39 heavy (non-hydrogen) atoms. The molecule has 0 saturated carbocycles. The van der Waals surface area contributed by atoms with E-state index in [2.05, 4.69) is 5.32 Å². The molecule has 2 atom stereocenters. The number of aromatic nitrogens is 1. The van der Waals surface area contributed by atoms with E-state index in [9.17, 15) is 32.7 Å². The monoisotopic (exact) mass is 539 g/mol. The minimum atomic E-state index is -1.18. The second kappa shape index (κ2) is 10.8. The second-order valence-electron chi connectivity index (χ2n) is 9.29. The van der Waals surface area contributed by atoms with Gasteiger partial charge in [-0.05, 0) is 12.0 Å². The molecule has 8 nitrogen and oxygen atoms in total. The fourth-order valence-electron chi connectivity index (χ4n) is 4.80. The van der Waals surface area contributed by atoms with E-state index in [1.54, 1.807) is 30.3 Å². The van der Waals surface area contributed by atoms with E-state index < -0.39 is 58.4 Å². The molecule has 2 bridgehead atoms. The zero-order valence-corrected chi connectivity index (χ0v) is 20.6. The lowest BCUT2D eigenvalue weighted by molar-refractivity contribution is 0.0548. The number of aliphatic hydroxyl groups excluding tert-OH is 1. The summed E-state index contributed by atoms with van der Waals surface area (Å²) in [6.45, 7) is -0.802. The summed E-state index contributed by atoms with van der Waals surface area (Å²) in [5.74, 6) is -5.31. The van der Waals surface area contributed by atoms with Gasteiger partial charge in [-0.1, -0.05) is 42.5 Å². The standard InChI is InChI=1S/C28H24F3N3O5/c29-17-9-22(30)20(23(31)10-17)11-32-27(37)21-13-33-18-7-4-8-19(14-35)34(12-18)28(38)24(33)26(25(21)36)39-15-16-5-2-1-3-6-16/h1-6,8-10,13,18-19,35H,7,11-12,14-15H2,(H,32,37)/t18-,19+/m0/s1. The quantitative estimate of drug-likeness (QED) is 0.450. The van der Waals surface area contributed by atoms with Crippen LogP contribution in [-0.2, 0) is 13.2 Å². The number of carbonyl (C=O) groups is 2. The lowest BCUT2D eigenvalue weighted by atomic mass is 10.1. The van der Waals surface area contributed by atoms with Crippen LogP contribution in [0.2, 0.25) is 0 Å². The van der Waals surface area contributed by atoms with E-state index in [0.29, 0.717) is 24.1 Å². The van der Waals surface area contributed by atoms with Crippen molar-refractivity contribution in [3.05, 3.63) is 111 Å². The maximum absolute atomic E-state index is 14.1. The summed E-state index contributed by atoms with van der Waals surface area (Å²) < 4.78 is 48.8. The third-order valence-corrected chi connectivity index (χ3v) is 6.81. The Labute approximate surface area is 220 Å². The fourth-order valence-corrected chi connectivity index (χ4v) is 4.80. The molecular formula is C28H24F3N3O5. The molecule has 11 heteroatoms. The first kappa shape index (κ1) is 26.2. The van der Waals surface area contributed by atoms with Crippen molar-refractivity contribution >= 4 is 11.8 Å². The van der Waals surface area contributed by atoms with E-state index in [4.69, 9.17) is 4.74 Å². The first-order chi connectivity index (χ1) is 18.8. The van der Waals surface area contributed by atoms with Crippen molar-refractivity contribution in [2.24, 2.45) is 0 Å². The highest BCUT2D eigenvalue weighted by Gasteiger charge is 2.39. The molecule has 2 aliphatic rings. The molecule has 2 aromatic carbocycles. The summed E-state index contributed by atoms with van der Waals surface area (Å²) in [4.78, 5) is 41.7. The molecular weight excluding hydrogens is 515 g/mol. The van der Waals surface area contributed by atoms with Crippen molar-refractivity contribution in [1.29, 1.82) is 0 Å². The Morgan fingerprint density at radius 2 is 1.82 bits per heavy atom. The number of halogens is 3. The van der Waals surface area contributed by atoms with Crippen LogP contribution in [0.4, 0.5) is 13.2 Å². The molecule has 0 saturated heterocycles. The summed E-state index contributed by atoms with van der Waals surface area (Å²) in [5, 5.41) is 12.1. The zero-order chi connectivity index (χ0) is 27.7. The van der Waals surface area contributed by atoms with Crippen LogP contribution in [0.15, 0.2) is 65.6 Å². The zero-order valence-electron chi connectivity index (χ0n) is 20.6. The first-order valence-corrected chi connectivity index (χ1v) is 12.2. The Hall–Kier alpha value is -4.38. The van der Waals surface area contributed by atoms with Gasteiger partial charge in [0.15, 0.2) is 11.4 Å². The first-order valence-electron chi connectivity index (χ1n) is 12.2. The highest BCUT2D eigenvalue weighted by atomic mass is 19.1. The van der Waals surface area contributed by atoms with Crippen molar-refractivity contribution in [3.63, 3.8) is 0 Å². The smallest absolute Gasteiger partial charge is 0.275 e. The van der Waals surface area contributed by atoms with E-state index in [-0.39, 0.29) is 37.2 Å². The molecule has 202 valence electrons. The average molecular weight is 540 g/mol. The van der Waals surface area contributed by atoms with Gasteiger partial charge in [0.05, 0.1) is 18.7 Å². The molecule has 0 aliphatic carbocycles.